The molecule has 0 aromatic heterocycles. The molecule has 0 bridgehead atoms. The highest BCUT2D eigenvalue weighted by Crippen LogP contribution is 2.44. The van der Waals surface area contributed by atoms with Crippen LogP contribution < -0.4 is 0 Å². The lowest BCUT2D eigenvalue weighted by molar-refractivity contribution is -0.152. The van der Waals surface area contributed by atoms with E-state index in [0.29, 0.717) is 33.0 Å². The number of methoxy groups -OCH3 is 1. The fraction of sp³-hybridized carbons (Fsp3) is 0.941. The number of esters is 1. The minimum Gasteiger partial charge on any atom is -0.463 e. The van der Waals surface area contributed by atoms with E-state index in [-0.39, 0.29) is 29.6 Å². The first-order valence-electron chi connectivity index (χ1n) is 8.28. The van der Waals surface area contributed by atoms with Gasteiger partial charge < -0.3 is 18.9 Å². The molecule has 23 heavy (non-hydrogen) atoms. The highest BCUT2D eigenvalue weighted by atomic mass is 16.6. The second-order valence-corrected chi connectivity index (χ2v) is 7.17. The Balaban J connectivity index is 2.20. The first-order chi connectivity index (χ1) is 10.7. The van der Waals surface area contributed by atoms with Crippen LogP contribution in [-0.4, -0.2) is 75.7 Å². The number of carbonyl (C=O) groups is 1. The predicted molar refractivity (Wildman–Crippen MR) is 88.5 cm³/mol. The first kappa shape index (κ1) is 20.4. The Labute approximate surface area is 140 Å². The Morgan fingerprint density at radius 3 is 2.00 bits per heavy atom. The van der Waals surface area contributed by atoms with Crippen LogP contribution in [0, 0.1) is 5.92 Å². The van der Waals surface area contributed by atoms with Gasteiger partial charge >= 0.3 is 5.97 Å². The number of hydrogen-bond acceptors (Lipinski definition) is 6. The lowest BCUT2D eigenvalue weighted by Gasteiger charge is -2.37. The van der Waals surface area contributed by atoms with Gasteiger partial charge in [0.2, 0.25) is 0 Å². The standard InChI is InChI=1S/C17H33NO5/c1-16(2)13-14(17(3,4)18(16)5)15(19)23-12-11-22-10-9-21-8-7-20-6/h14H,7-13H2,1-6H3. The molecule has 1 rings (SSSR count). The zero-order valence-electron chi connectivity index (χ0n) is 15.5. The van der Waals surface area contributed by atoms with Crippen molar-refractivity contribution in [3.05, 3.63) is 0 Å². The van der Waals surface area contributed by atoms with Crippen LogP contribution in [0.15, 0.2) is 0 Å². The second kappa shape index (κ2) is 8.97. The van der Waals surface area contributed by atoms with Crippen LogP contribution in [-0.2, 0) is 23.7 Å². The van der Waals surface area contributed by atoms with E-state index in [2.05, 4.69) is 39.6 Å². The van der Waals surface area contributed by atoms with E-state index in [1.807, 2.05) is 0 Å². The highest BCUT2D eigenvalue weighted by Gasteiger charge is 2.52. The molecule has 1 aliphatic rings. The smallest absolute Gasteiger partial charge is 0.310 e. The van der Waals surface area contributed by atoms with Crippen molar-refractivity contribution in [2.45, 2.75) is 45.2 Å². The largest absolute Gasteiger partial charge is 0.463 e. The molecule has 136 valence electrons. The van der Waals surface area contributed by atoms with Gasteiger partial charge in [-0.3, -0.25) is 9.69 Å². The molecule has 0 N–H and O–H groups in total. The van der Waals surface area contributed by atoms with Crippen molar-refractivity contribution in [1.82, 2.24) is 4.90 Å². The van der Waals surface area contributed by atoms with E-state index >= 15 is 0 Å². The molecule has 1 aliphatic heterocycles. The number of rotatable bonds is 10. The molecule has 0 amide bonds. The number of ether oxygens (including phenoxy) is 4. The number of carbonyl (C=O) groups excluding carboxylic acids is 1. The van der Waals surface area contributed by atoms with Crippen LogP contribution in [0.25, 0.3) is 0 Å². The fourth-order valence-electron chi connectivity index (χ4n) is 3.04. The molecule has 6 nitrogen and oxygen atoms in total. The van der Waals surface area contributed by atoms with Gasteiger partial charge in [-0.2, -0.15) is 0 Å². The molecule has 0 saturated carbocycles. The van der Waals surface area contributed by atoms with E-state index in [4.69, 9.17) is 18.9 Å². The zero-order chi connectivity index (χ0) is 17.5. The third-order valence-electron chi connectivity index (χ3n) is 4.89. The molecule has 1 heterocycles. The monoisotopic (exact) mass is 331 g/mol. The van der Waals surface area contributed by atoms with E-state index in [1.165, 1.54) is 0 Å². The molecule has 6 heteroatoms. The Kier molecular flexibility index (Phi) is 7.94. The van der Waals surface area contributed by atoms with Crippen molar-refractivity contribution in [3.8, 4) is 0 Å². The van der Waals surface area contributed by atoms with Gasteiger partial charge in [-0.15, -0.1) is 0 Å². The average Bonchev–Trinajstić information content (AvgIpc) is 2.65. The molecule has 1 saturated heterocycles. The minimum absolute atomic E-state index is 0.00320. The number of likely N-dealkylation sites (tertiary alicyclic amines) is 1. The van der Waals surface area contributed by atoms with Gasteiger partial charge in [0.15, 0.2) is 0 Å². The molecular formula is C17H33NO5. The topological polar surface area (TPSA) is 57.2 Å². The van der Waals surface area contributed by atoms with Crippen LogP contribution in [0.2, 0.25) is 0 Å². The third-order valence-corrected chi connectivity index (χ3v) is 4.89. The predicted octanol–water partition coefficient (Wildman–Crippen LogP) is 1.72. The van der Waals surface area contributed by atoms with Gasteiger partial charge in [0.1, 0.15) is 6.61 Å². The maximum Gasteiger partial charge on any atom is 0.310 e. The Morgan fingerprint density at radius 1 is 1.00 bits per heavy atom. The Hall–Kier alpha value is -0.690. The third kappa shape index (κ3) is 5.71. The normalized spacial score (nSPS) is 23.1. The van der Waals surface area contributed by atoms with E-state index in [0.717, 1.165) is 6.42 Å². The van der Waals surface area contributed by atoms with Crippen LogP contribution in [0.3, 0.4) is 0 Å². The van der Waals surface area contributed by atoms with E-state index < -0.39 is 0 Å². The lowest BCUT2D eigenvalue weighted by atomic mass is 9.87. The van der Waals surface area contributed by atoms with Crippen LogP contribution in [0.1, 0.15) is 34.1 Å². The van der Waals surface area contributed by atoms with Gasteiger partial charge in [-0.25, -0.2) is 0 Å². The summed E-state index contributed by atoms with van der Waals surface area (Å²) in [6.45, 7) is 11.4. The van der Waals surface area contributed by atoms with E-state index in [9.17, 15) is 4.79 Å². The molecule has 0 spiro atoms. The van der Waals surface area contributed by atoms with Crippen molar-refractivity contribution < 1.29 is 23.7 Å². The van der Waals surface area contributed by atoms with Crippen LogP contribution in [0.4, 0.5) is 0 Å². The summed E-state index contributed by atoms with van der Waals surface area (Å²) < 4.78 is 20.9. The van der Waals surface area contributed by atoms with Crippen LogP contribution >= 0.6 is 0 Å². The molecule has 0 aliphatic carbocycles. The van der Waals surface area contributed by atoms with Gasteiger partial charge in [0.25, 0.3) is 0 Å². The van der Waals surface area contributed by atoms with Gasteiger partial charge in [-0.1, -0.05) is 0 Å². The summed E-state index contributed by atoms with van der Waals surface area (Å²) in [7, 11) is 3.71. The molecule has 1 unspecified atom stereocenters. The molecular weight excluding hydrogens is 298 g/mol. The summed E-state index contributed by atoms with van der Waals surface area (Å²) in [5, 5.41) is 0. The van der Waals surface area contributed by atoms with Crippen LogP contribution in [0.5, 0.6) is 0 Å². The minimum atomic E-state index is -0.198. The second-order valence-electron chi connectivity index (χ2n) is 7.17. The summed E-state index contributed by atoms with van der Waals surface area (Å²) in [4.78, 5) is 14.6. The fourth-order valence-corrected chi connectivity index (χ4v) is 3.04. The molecule has 0 aromatic carbocycles. The molecule has 0 aromatic rings. The van der Waals surface area contributed by atoms with Gasteiger partial charge in [0, 0.05) is 18.2 Å². The molecule has 1 fully saturated rings. The van der Waals surface area contributed by atoms with Crippen molar-refractivity contribution in [1.29, 1.82) is 0 Å². The Morgan fingerprint density at radius 2 is 1.52 bits per heavy atom. The Bertz CT molecular complexity index is 370. The van der Waals surface area contributed by atoms with Gasteiger partial charge in [0.05, 0.1) is 39.0 Å². The summed E-state index contributed by atoms with van der Waals surface area (Å²) in [5.41, 5.74) is -0.195. The zero-order valence-corrected chi connectivity index (χ0v) is 15.5. The van der Waals surface area contributed by atoms with Crippen molar-refractivity contribution >= 4 is 5.97 Å². The molecule has 1 atom stereocenters. The highest BCUT2D eigenvalue weighted by molar-refractivity contribution is 5.74. The van der Waals surface area contributed by atoms with Crippen molar-refractivity contribution in [2.75, 3.05) is 53.8 Å². The first-order valence-corrected chi connectivity index (χ1v) is 8.28. The van der Waals surface area contributed by atoms with Crippen molar-refractivity contribution in [2.24, 2.45) is 5.92 Å². The summed E-state index contributed by atoms with van der Waals surface area (Å²) in [6.07, 6.45) is 0.809. The van der Waals surface area contributed by atoms with E-state index in [1.54, 1.807) is 7.11 Å². The quantitative estimate of drug-likeness (QED) is 0.449. The molecule has 0 radical (unpaired) electrons. The van der Waals surface area contributed by atoms with Gasteiger partial charge in [-0.05, 0) is 41.2 Å². The summed E-state index contributed by atoms with van der Waals surface area (Å²) in [6, 6.07) is 0. The average molecular weight is 331 g/mol. The number of nitrogens with zero attached hydrogens (tertiary/aromatic N) is 1. The SMILES string of the molecule is COCCOCCOCCOC(=O)C1CC(C)(C)N(C)C1(C)C. The van der Waals surface area contributed by atoms with Crippen molar-refractivity contribution in [3.63, 3.8) is 0 Å². The summed E-state index contributed by atoms with van der Waals surface area (Å²) in [5.74, 6) is -0.243. The maximum absolute atomic E-state index is 12.4. The number of hydrogen-bond donors (Lipinski definition) is 0. The lowest BCUT2D eigenvalue weighted by Crippen LogP contribution is -2.48. The summed E-state index contributed by atoms with van der Waals surface area (Å²) >= 11 is 0. The maximum atomic E-state index is 12.4.